The quantitative estimate of drug-likeness (QED) is 0.444. The minimum Gasteiger partial charge on any atom is -0.331 e. The van der Waals surface area contributed by atoms with E-state index in [-0.39, 0.29) is 5.69 Å². The smallest absolute Gasteiger partial charge is 0.270 e. The van der Waals surface area contributed by atoms with Crippen molar-refractivity contribution < 1.29 is 4.92 Å². The molecule has 2 aromatic carbocycles. The maximum Gasteiger partial charge on any atom is 0.270 e. The average molecular weight is 328 g/mol. The first-order valence-electron chi connectivity index (χ1n) is 6.79. The van der Waals surface area contributed by atoms with Crippen LogP contribution in [0.4, 0.5) is 11.4 Å². The number of aryl methyl sites for hydroxylation is 1. The van der Waals surface area contributed by atoms with Gasteiger partial charge >= 0.3 is 0 Å². The molecule has 118 valence electrons. The van der Waals surface area contributed by atoms with Crippen molar-refractivity contribution in [1.82, 2.24) is 10.9 Å². The van der Waals surface area contributed by atoms with Crippen molar-refractivity contribution in [2.24, 2.45) is 0 Å². The Morgan fingerprint density at radius 1 is 1.17 bits per heavy atom. The van der Waals surface area contributed by atoms with Crippen LogP contribution in [-0.4, -0.2) is 10.0 Å². The highest BCUT2D eigenvalue weighted by atomic mass is 32.1. The fourth-order valence-corrected chi connectivity index (χ4v) is 2.07. The van der Waals surface area contributed by atoms with E-state index in [4.69, 9.17) is 12.2 Å². The first-order valence-corrected chi connectivity index (χ1v) is 7.20. The Hall–Kier alpha value is -2.93. The van der Waals surface area contributed by atoms with Crippen LogP contribution in [0.25, 0.3) is 5.70 Å². The number of benzene rings is 2. The number of thiocarbonyl (C=S) groups is 1. The van der Waals surface area contributed by atoms with Crippen molar-refractivity contribution in [3.63, 3.8) is 0 Å². The van der Waals surface area contributed by atoms with Crippen LogP contribution < -0.4 is 16.2 Å². The molecule has 0 aliphatic heterocycles. The SMILES string of the molecule is C=C(NNC(=S)Nc1cccc(C)c1)c1cccc([N+](=O)[O-])c1. The highest BCUT2D eigenvalue weighted by Gasteiger charge is 2.07. The van der Waals surface area contributed by atoms with Crippen LogP contribution >= 0.6 is 12.2 Å². The molecule has 2 rings (SSSR count). The predicted octanol–water partition coefficient (Wildman–Crippen LogP) is 3.37. The van der Waals surface area contributed by atoms with Crippen LogP contribution in [0.15, 0.2) is 55.1 Å². The molecule has 0 atom stereocenters. The largest absolute Gasteiger partial charge is 0.331 e. The molecule has 0 aromatic heterocycles. The number of nitrogens with one attached hydrogen (secondary N) is 3. The van der Waals surface area contributed by atoms with E-state index in [1.165, 1.54) is 12.1 Å². The van der Waals surface area contributed by atoms with E-state index in [2.05, 4.69) is 22.7 Å². The first-order chi connectivity index (χ1) is 11.0. The number of nitro groups is 1. The molecule has 0 bridgehead atoms. The summed E-state index contributed by atoms with van der Waals surface area (Å²) in [6.07, 6.45) is 0. The lowest BCUT2D eigenvalue weighted by Gasteiger charge is -2.14. The zero-order chi connectivity index (χ0) is 16.8. The predicted molar refractivity (Wildman–Crippen MR) is 95.8 cm³/mol. The van der Waals surface area contributed by atoms with E-state index in [0.717, 1.165) is 11.3 Å². The molecular weight excluding hydrogens is 312 g/mol. The summed E-state index contributed by atoms with van der Waals surface area (Å²) in [6.45, 7) is 5.83. The monoisotopic (exact) mass is 328 g/mol. The summed E-state index contributed by atoms with van der Waals surface area (Å²) in [7, 11) is 0. The molecule has 6 nitrogen and oxygen atoms in total. The van der Waals surface area contributed by atoms with Gasteiger partial charge in [-0.2, -0.15) is 0 Å². The molecule has 0 amide bonds. The second kappa shape index (κ2) is 7.37. The molecule has 0 unspecified atom stereocenters. The molecule has 7 heteroatoms. The first kappa shape index (κ1) is 16.4. The van der Waals surface area contributed by atoms with E-state index < -0.39 is 4.92 Å². The van der Waals surface area contributed by atoms with Gasteiger partial charge < -0.3 is 5.32 Å². The third-order valence-corrected chi connectivity index (χ3v) is 3.21. The molecule has 0 radical (unpaired) electrons. The zero-order valence-electron chi connectivity index (χ0n) is 12.5. The average Bonchev–Trinajstić information content (AvgIpc) is 2.52. The lowest BCUT2D eigenvalue weighted by molar-refractivity contribution is -0.384. The van der Waals surface area contributed by atoms with E-state index in [0.29, 0.717) is 16.4 Å². The molecule has 2 aromatic rings. The number of anilines is 1. The van der Waals surface area contributed by atoms with Gasteiger partial charge in [0.1, 0.15) is 0 Å². The highest BCUT2D eigenvalue weighted by Crippen LogP contribution is 2.17. The van der Waals surface area contributed by atoms with Gasteiger partial charge in [0.25, 0.3) is 5.69 Å². The highest BCUT2D eigenvalue weighted by molar-refractivity contribution is 7.80. The Labute approximate surface area is 139 Å². The second-order valence-electron chi connectivity index (χ2n) is 4.86. The molecule has 0 aliphatic rings. The summed E-state index contributed by atoms with van der Waals surface area (Å²) in [5.41, 5.74) is 8.69. The lowest BCUT2D eigenvalue weighted by atomic mass is 10.1. The number of nitrogens with zero attached hydrogens (tertiary/aromatic N) is 1. The minimum atomic E-state index is -0.450. The fourth-order valence-electron chi connectivity index (χ4n) is 1.90. The molecule has 0 spiro atoms. The maximum absolute atomic E-state index is 10.8. The topological polar surface area (TPSA) is 79.2 Å². The van der Waals surface area contributed by atoms with Crippen LogP contribution in [0.5, 0.6) is 0 Å². The van der Waals surface area contributed by atoms with Crippen LogP contribution in [0.2, 0.25) is 0 Å². The zero-order valence-corrected chi connectivity index (χ0v) is 13.3. The number of nitro benzene ring substituents is 1. The van der Waals surface area contributed by atoms with Gasteiger partial charge in [0.05, 0.1) is 10.6 Å². The summed E-state index contributed by atoms with van der Waals surface area (Å²) in [4.78, 5) is 10.3. The van der Waals surface area contributed by atoms with Gasteiger partial charge in [0.2, 0.25) is 0 Å². The molecule has 23 heavy (non-hydrogen) atoms. The van der Waals surface area contributed by atoms with Gasteiger partial charge in [-0.25, -0.2) is 0 Å². The van der Waals surface area contributed by atoms with Crippen LogP contribution in [0.3, 0.4) is 0 Å². The van der Waals surface area contributed by atoms with Crippen LogP contribution in [-0.2, 0) is 0 Å². The molecular formula is C16H16N4O2S. The van der Waals surface area contributed by atoms with E-state index in [9.17, 15) is 10.1 Å². The molecule has 0 fully saturated rings. The van der Waals surface area contributed by atoms with Crippen molar-refractivity contribution in [3.8, 4) is 0 Å². The number of hydrogen-bond acceptors (Lipinski definition) is 4. The van der Waals surface area contributed by atoms with Crippen molar-refractivity contribution in [3.05, 3.63) is 76.4 Å². The number of non-ortho nitro benzene ring substituents is 1. The minimum absolute atomic E-state index is 0.00547. The summed E-state index contributed by atoms with van der Waals surface area (Å²) >= 11 is 5.18. The van der Waals surface area contributed by atoms with Gasteiger partial charge in [-0.1, -0.05) is 30.8 Å². The molecule has 0 heterocycles. The Balaban J connectivity index is 1.92. The lowest BCUT2D eigenvalue weighted by Crippen LogP contribution is -2.38. The summed E-state index contributed by atoms with van der Waals surface area (Å²) < 4.78 is 0. The fraction of sp³-hybridized carbons (Fsp3) is 0.0625. The molecule has 0 saturated carbocycles. The van der Waals surface area contributed by atoms with E-state index in [1.807, 2.05) is 31.2 Å². The molecule has 0 aliphatic carbocycles. The number of hydrogen-bond donors (Lipinski definition) is 3. The number of hydrazine groups is 1. The summed E-state index contributed by atoms with van der Waals surface area (Å²) in [5.74, 6) is 0. The van der Waals surface area contributed by atoms with Crippen molar-refractivity contribution in [1.29, 1.82) is 0 Å². The van der Waals surface area contributed by atoms with Crippen molar-refractivity contribution in [2.75, 3.05) is 5.32 Å². The van der Waals surface area contributed by atoms with Crippen molar-refractivity contribution in [2.45, 2.75) is 6.92 Å². The van der Waals surface area contributed by atoms with Gasteiger partial charge in [0, 0.05) is 23.4 Å². The molecule has 0 saturated heterocycles. The van der Waals surface area contributed by atoms with Crippen molar-refractivity contribution >= 4 is 34.4 Å². The van der Waals surface area contributed by atoms with Gasteiger partial charge in [-0.15, -0.1) is 0 Å². The van der Waals surface area contributed by atoms with Gasteiger partial charge in [-0.05, 0) is 36.8 Å². The molecule has 3 N–H and O–H groups in total. The Morgan fingerprint density at radius 3 is 2.61 bits per heavy atom. The second-order valence-corrected chi connectivity index (χ2v) is 5.27. The van der Waals surface area contributed by atoms with Crippen LogP contribution in [0, 0.1) is 17.0 Å². The third-order valence-electron chi connectivity index (χ3n) is 3.01. The Bertz CT molecular complexity index is 761. The summed E-state index contributed by atoms with van der Waals surface area (Å²) in [6, 6.07) is 14.0. The van der Waals surface area contributed by atoms with Gasteiger partial charge in [0.15, 0.2) is 5.11 Å². The number of rotatable bonds is 5. The van der Waals surface area contributed by atoms with E-state index in [1.54, 1.807) is 12.1 Å². The van der Waals surface area contributed by atoms with Crippen LogP contribution in [0.1, 0.15) is 11.1 Å². The Kier molecular flexibility index (Phi) is 5.27. The third kappa shape index (κ3) is 4.79. The normalized spacial score (nSPS) is 9.78. The van der Waals surface area contributed by atoms with Gasteiger partial charge in [-0.3, -0.25) is 21.0 Å². The Morgan fingerprint density at radius 2 is 1.91 bits per heavy atom. The standard InChI is InChI=1S/C16H16N4O2S/c1-11-5-3-7-14(9-11)17-16(23)19-18-12(2)13-6-4-8-15(10-13)20(21)22/h3-10,18H,2H2,1H3,(H2,17,19,23). The maximum atomic E-state index is 10.8. The summed E-state index contributed by atoms with van der Waals surface area (Å²) in [5, 5.41) is 14.2. The van der Waals surface area contributed by atoms with E-state index >= 15 is 0 Å².